The largest absolute Gasteiger partial charge is 0.478 e. The zero-order chi connectivity index (χ0) is 14.1. The fourth-order valence-electron chi connectivity index (χ4n) is 1.94. The maximum atomic E-state index is 11.6. The minimum atomic E-state index is -0.931. The van der Waals surface area contributed by atoms with Crippen LogP contribution < -0.4 is 5.69 Å². The Morgan fingerprint density at radius 3 is 2.70 bits per heavy atom. The number of aromatic amines is 1. The molecule has 0 radical (unpaired) electrons. The van der Waals surface area contributed by atoms with Gasteiger partial charge >= 0.3 is 11.7 Å². The maximum Gasteiger partial charge on any atom is 0.344 e. The monoisotopic (exact) mass is 291 g/mol. The lowest BCUT2D eigenvalue weighted by Gasteiger charge is -2.04. The second-order valence-electron chi connectivity index (χ2n) is 4.70. The molecule has 1 aliphatic rings. The van der Waals surface area contributed by atoms with Gasteiger partial charge in [-0.15, -0.1) is 5.10 Å². The van der Waals surface area contributed by atoms with E-state index in [0.29, 0.717) is 10.9 Å². The molecule has 7 heteroatoms. The molecule has 1 aromatic heterocycles. The Kier molecular flexibility index (Phi) is 3.35. The fourth-order valence-corrected chi connectivity index (χ4v) is 2.91. The van der Waals surface area contributed by atoms with Gasteiger partial charge in [0.25, 0.3) is 0 Å². The van der Waals surface area contributed by atoms with E-state index in [9.17, 15) is 9.59 Å². The molecule has 1 aliphatic carbocycles. The number of carboxylic acids is 1. The van der Waals surface area contributed by atoms with Gasteiger partial charge in [-0.3, -0.25) is 4.57 Å². The van der Waals surface area contributed by atoms with Gasteiger partial charge in [0.05, 0.1) is 5.56 Å². The molecule has 1 fully saturated rings. The molecule has 1 heterocycles. The number of aromatic carboxylic acids is 1. The maximum absolute atomic E-state index is 11.6. The number of thioether (sulfide) groups is 1. The van der Waals surface area contributed by atoms with Crippen LogP contribution in [0.25, 0.3) is 0 Å². The first kappa shape index (κ1) is 13.0. The number of hydrogen-bond donors (Lipinski definition) is 2. The van der Waals surface area contributed by atoms with Gasteiger partial charge in [-0.2, -0.15) is 0 Å². The van der Waals surface area contributed by atoms with Gasteiger partial charge in [-0.25, -0.2) is 14.7 Å². The Labute approximate surface area is 118 Å². The predicted octanol–water partition coefficient (Wildman–Crippen LogP) is 1.90. The molecule has 0 saturated heterocycles. The number of nitrogens with one attached hydrogen (secondary N) is 1. The molecule has 2 N–H and O–H groups in total. The van der Waals surface area contributed by atoms with Crippen molar-refractivity contribution in [3.05, 3.63) is 45.9 Å². The summed E-state index contributed by atoms with van der Waals surface area (Å²) in [5.41, 5.74) is 1.11. The van der Waals surface area contributed by atoms with Crippen LogP contribution in [0.4, 0.5) is 0 Å². The molecular weight excluding hydrogens is 278 g/mol. The molecule has 6 nitrogen and oxygen atoms in total. The third-order valence-corrected chi connectivity index (χ3v) is 4.18. The number of carbonyl (C=O) groups is 1. The van der Waals surface area contributed by atoms with Crippen LogP contribution in [0.1, 0.15) is 34.8 Å². The van der Waals surface area contributed by atoms with Crippen LogP contribution in [0.5, 0.6) is 0 Å². The third kappa shape index (κ3) is 2.62. The Morgan fingerprint density at radius 2 is 2.10 bits per heavy atom. The predicted molar refractivity (Wildman–Crippen MR) is 74.1 cm³/mol. The van der Waals surface area contributed by atoms with Crippen LogP contribution in [-0.2, 0) is 5.75 Å². The number of nitrogens with zero attached hydrogens (tertiary/aromatic N) is 2. The summed E-state index contributed by atoms with van der Waals surface area (Å²) in [5.74, 6) is -0.282. The van der Waals surface area contributed by atoms with Crippen molar-refractivity contribution < 1.29 is 9.90 Å². The van der Waals surface area contributed by atoms with E-state index in [2.05, 4.69) is 10.2 Å². The summed E-state index contributed by atoms with van der Waals surface area (Å²) in [6, 6.07) is 7.01. The summed E-state index contributed by atoms with van der Waals surface area (Å²) in [7, 11) is 0. The molecule has 0 atom stereocenters. The molecule has 20 heavy (non-hydrogen) atoms. The second kappa shape index (κ2) is 5.16. The number of H-pyrrole nitrogens is 1. The minimum Gasteiger partial charge on any atom is -0.478 e. The van der Waals surface area contributed by atoms with Crippen LogP contribution in [0.15, 0.2) is 34.2 Å². The molecule has 2 aromatic rings. The SMILES string of the molecule is O=C(O)c1ccc(CSc2n[nH]c(=O)n2C2CC2)cc1. The van der Waals surface area contributed by atoms with Gasteiger partial charge in [-0.1, -0.05) is 23.9 Å². The number of rotatable bonds is 5. The van der Waals surface area contributed by atoms with Crippen molar-refractivity contribution in [3.63, 3.8) is 0 Å². The first-order chi connectivity index (χ1) is 9.65. The molecular formula is C13H13N3O3S. The molecule has 1 aromatic carbocycles. The van der Waals surface area contributed by atoms with Crippen molar-refractivity contribution in [2.24, 2.45) is 0 Å². The highest BCUT2D eigenvalue weighted by molar-refractivity contribution is 7.98. The van der Waals surface area contributed by atoms with E-state index < -0.39 is 5.97 Å². The molecule has 0 aliphatic heterocycles. The number of hydrogen-bond acceptors (Lipinski definition) is 4. The van der Waals surface area contributed by atoms with Gasteiger partial charge in [0.2, 0.25) is 0 Å². The summed E-state index contributed by atoms with van der Waals surface area (Å²) in [5, 5.41) is 16.0. The van der Waals surface area contributed by atoms with Crippen molar-refractivity contribution in [2.45, 2.75) is 29.8 Å². The highest BCUT2D eigenvalue weighted by Crippen LogP contribution is 2.36. The van der Waals surface area contributed by atoms with Crippen molar-refractivity contribution in [2.75, 3.05) is 0 Å². The third-order valence-electron chi connectivity index (χ3n) is 3.15. The normalized spacial score (nSPS) is 14.4. The summed E-state index contributed by atoms with van der Waals surface area (Å²) in [6.07, 6.45) is 2.06. The Hall–Kier alpha value is -2.02. The first-order valence-electron chi connectivity index (χ1n) is 6.27. The number of aromatic nitrogens is 3. The van der Waals surface area contributed by atoms with Gasteiger partial charge < -0.3 is 5.11 Å². The first-order valence-corrected chi connectivity index (χ1v) is 7.25. The van der Waals surface area contributed by atoms with Gasteiger partial charge in [-0.05, 0) is 30.5 Å². The van der Waals surface area contributed by atoms with E-state index in [1.807, 2.05) is 0 Å². The fraction of sp³-hybridized carbons (Fsp3) is 0.308. The molecule has 3 rings (SSSR count). The van der Waals surface area contributed by atoms with E-state index in [-0.39, 0.29) is 17.3 Å². The molecule has 0 bridgehead atoms. The summed E-state index contributed by atoms with van der Waals surface area (Å²) in [4.78, 5) is 22.4. The minimum absolute atomic E-state index is 0.156. The van der Waals surface area contributed by atoms with Gasteiger partial charge in [0, 0.05) is 11.8 Å². The summed E-state index contributed by atoms with van der Waals surface area (Å²) in [6.45, 7) is 0. The topological polar surface area (TPSA) is 88.0 Å². The van der Waals surface area contributed by atoms with E-state index in [0.717, 1.165) is 18.4 Å². The summed E-state index contributed by atoms with van der Waals surface area (Å²) < 4.78 is 1.70. The van der Waals surface area contributed by atoms with E-state index >= 15 is 0 Å². The molecule has 104 valence electrons. The average Bonchev–Trinajstić information content (AvgIpc) is 3.21. The lowest BCUT2D eigenvalue weighted by atomic mass is 10.1. The van der Waals surface area contributed by atoms with Crippen LogP contribution in [0, 0.1) is 0 Å². The second-order valence-corrected chi connectivity index (χ2v) is 5.65. The van der Waals surface area contributed by atoms with Crippen LogP contribution in [0.3, 0.4) is 0 Å². The van der Waals surface area contributed by atoms with Crippen molar-refractivity contribution in [1.29, 1.82) is 0 Å². The Morgan fingerprint density at radius 1 is 1.40 bits per heavy atom. The lowest BCUT2D eigenvalue weighted by Crippen LogP contribution is -2.16. The molecule has 0 unspecified atom stereocenters. The van der Waals surface area contributed by atoms with Crippen LogP contribution >= 0.6 is 11.8 Å². The molecule has 1 saturated carbocycles. The average molecular weight is 291 g/mol. The lowest BCUT2D eigenvalue weighted by molar-refractivity contribution is 0.0697. The smallest absolute Gasteiger partial charge is 0.344 e. The number of benzene rings is 1. The zero-order valence-corrected chi connectivity index (χ0v) is 11.4. The van der Waals surface area contributed by atoms with Crippen molar-refractivity contribution >= 4 is 17.7 Å². The van der Waals surface area contributed by atoms with E-state index in [1.165, 1.54) is 11.8 Å². The standard InChI is InChI=1S/C13H13N3O3S/c17-11(18)9-3-1-8(2-4-9)7-20-13-15-14-12(19)16(13)10-5-6-10/h1-4,10H,5-7H2,(H,14,19)(H,17,18). The van der Waals surface area contributed by atoms with Gasteiger partial charge in [0.15, 0.2) is 5.16 Å². The van der Waals surface area contributed by atoms with Gasteiger partial charge in [0.1, 0.15) is 0 Å². The molecule has 0 amide bonds. The van der Waals surface area contributed by atoms with Crippen molar-refractivity contribution in [3.8, 4) is 0 Å². The Balaban J connectivity index is 1.70. The van der Waals surface area contributed by atoms with Crippen LogP contribution in [0.2, 0.25) is 0 Å². The Bertz CT molecular complexity index is 686. The number of carboxylic acid groups (broad SMARTS) is 1. The van der Waals surface area contributed by atoms with Crippen molar-refractivity contribution in [1.82, 2.24) is 14.8 Å². The highest BCUT2D eigenvalue weighted by Gasteiger charge is 2.28. The zero-order valence-electron chi connectivity index (χ0n) is 10.6. The quantitative estimate of drug-likeness (QED) is 0.821. The molecule has 0 spiro atoms. The van der Waals surface area contributed by atoms with E-state index in [1.54, 1.807) is 28.8 Å². The van der Waals surface area contributed by atoms with Crippen LogP contribution in [-0.4, -0.2) is 25.8 Å². The highest BCUT2D eigenvalue weighted by atomic mass is 32.2. The summed E-state index contributed by atoms with van der Waals surface area (Å²) >= 11 is 1.48. The van der Waals surface area contributed by atoms with E-state index in [4.69, 9.17) is 5.11 Å².